The third-order valence-electron chi connectivity index (χ3n) is 4.52. The first kappa shape index (κ1) is 27.7. The lowest BCUT2D eigenvalue weighted by molar-refractivity contribution is -0.120. The van der Waals surface area contributed by atoms with E-state index in [1.54, 1.807) is 4.90 Å². The van der Waals surface area contributed by atoms with Gasteiger partial charge in [0.1, 0.15) is 5.75 Å². The van der Waals surface area contributed by atoms with E-state index in [1.807, 2.05) is 97.0 Å². The van der Waals surface area contributed by atoms with Crippen LogP contribution in [-0.4, -0.2) is 24.2 Å². The monoisotopic (exact) mass is 415 g/mol. The highest BCUT2D eigenvalue weighted by atomic mass is 16.5. The fourth-order valence-electron chi connectivity index (χ4n) is 3.12. The molecule has 30 heavy (non-hydrogen) atoms. The molecule has 4 heteroatoms. The zero-order valence-electron chi connectivity index (χ0n) is 19.9. The van der Waals surface area contributed by atoms with Crippen molar-refractivity contribution in [2.45, 2.75) is 67.7 Å². The Morgan fingerprint density at radius 3 is 2.10 bits per heavy atom. The van der Waals surface area contributed by atoms with Crippen molar-refractivity contribution in [3.05, 3.63) is 54.1 Å². The van der Waals surface area contributed by atoms with Crippen molar-refractivity contribution in [3.8, 4) is 11.5 Å². The summed E-state index contributed by atoms with van der Waals surface area (Å²) in [5, 5.41) is 9.19. The Morgan fingerprint density at radius 1 is 0.933 bits per heavy atom. The zero-order chi connectivity index (χ0) is 22.9. The van der Waals surface area contributed by atoms with Crippen molar-refractivity contribution in [3.63, 3.8) is 0 Å². The van der Waals surface area contributed by atoms with E-state index in [-0.39, 0.29) is 12.5 Å². The molecule has 0 radical (unpaired) electrons. The van der Waals surface area contributed by atoms with Crippen molar-refractivity contribution in [1.82, 2.24) is 0 Å². The third-order valence-corrected chi connectivity index (χ3v) is 4.52. The Balaban J connectivity index is 0.00000129. The number of ether oxygens (including phenoxy) is 1. The number of nitrogens with zero attached hydrogens (tertiary/aromatic N) is 1. The van der Waals surface area contributed by atoms with Crippen LogP contribution in [0.4, 0.5) is 5.69 Å². The quantitative estimate of drug-likeness (QED) is 0.572. The van der Waals surface area contributed by atoms with Crippen LogP contribution in [0.2, 0.25) is 0 Å². The Hall–Kier alpha value is -2.33. The maximum atomic E-state index is 12.4. The molecule has 3 rings (SSSR count). The number of aryl methyl sites for hydroxylation is 1. The summed E-state index contributed by atoms with van der Waals surface area (Å²) >= 11 is 0. The average molecular weight is 416 g/mol. The standard InChI is InChI=1S/C20H23NO3.3C2H6/c1-15-6-2-4-8-18(15)24-19-9-5-3-7-17(19)21-14-16(12-13-22)10-11-20(21)23;3*1-2/h2-9,16,22H,10-14H2,1H3;3*1-2H3/t16-;;;/m0.../s1. The molecule has 0 saturated carbocycles. The Bertz CT molecular complexity index is 715. The van der Waals surface area contributed by atoms with Crippen LogP contribution in [-0.2, 0) is 4.79 Å². The van der Waals surface area contributed by atoms with Crippen LogP contribution < -0.4 is 9.64 Å². The molecule has 1 aliphatic rings. The lowest BCUT2D eigenvalue weighted by Gasteiger charge is -2.33. The molecule has 1 atom stereocenters. The van der Waals surface area contributed by atoms with Gasteiger partial charge in [-0.1, -0.05) is 71.9 Å². The van der Waals surface area contributed by atoms with Crippen LogP contribution in [0.15, 0.2) is 48.5 Å². The van der Waals surface area contributed by atoms with Crippen LogP contribution in [0.25, 0.3) is 0 Å². The second-order valence-electron chi connectivity index (χ2n) is 6.26. The predicted octanol–water partition coefficient (Wildman–Crippen LogP) is 6.99. The van der Waals surface area contributed by atoms with Crippen molar-refractivity contribution in [1.29, 1.82) is 0 Å². The van der Waals surface area contributed by atoms with Gasteiger partial charge in [0, 0.05) is 19.6 Å². The van der Waals surface area contributed by atoms with Crippen LogP contribution in [0.5, 0.6) is 11.5 Å². The van der Waals surface area contributed by atoms with E-state index in [0.717, 1.165) is 29.8 Å². The molecule has 1 aliphatic heterocycles. The summed E-state index contributed by atoms with van der Waals surface area (Å²) in [5.74, 6) is 1.93. The second-order valence-corrected chi connectivity index (χ2v) is 6.26. The van der Waals surface area contributed by atoms with E-state index in [2.05, 4.69) is 0 Å². The molecule has 0 unspecified atom stereocenters. The number of amides is 1. The lowest BCUT2D eigenvalue weighted by Crippen LogP contribution is -2.40. The summed E-state index contributed by atoms with van der Waals surface area (Å²) < 4.78 is 6.09. The minimum atomic E-state index is 0.116. The van der Waals surface area contributed by atoms with Crippen molar-refractivity contribution < 1.29 is 14.6 Å². The van der Waals surface area contributed by atoms with Gasteiger partial charge in [0.05, 0.1) is 5.69 Å². The first-order valence-corrected chi connectivity index (χ1v) is 11.4. The van der Waals surface area contributed by atoms with Gasteiger partial charge in [-0.3, -0.25) is 4.79 Å². The minimum Gasteiger partial charge on any atom is -0.455 e. The molecule has 4 nitrogen and oxygen atoms in total. The molecule has 168 valence electrons. The number of hydrogen-bond donors (Lipinski definition) is 1. The molecule has 1 heterocycles. The van der Waals surface area contributed by atoms with Gasteiger partial charge in [0.2, 0.25) is 5.91 Å². The molecule has 2 aromatic carbocycles. The van der Waals surface area contributed by atoms with E-state index >= 15 is 0 Å². The number of benzene rings is 2. The molecule has 0 aromatic heterocycles. The maximum Gasteiger partial charge on any atom is 0.227 e. The molecule has 0 spiro atoms. The van der Waals surface area contributed by atoms with E-state index < -0.39 is 0 Å². The summed E-state index contributed by atoms with van der Waals surface area (Å²) in [5.41, 5.74) is 1.85. The molecule has 1 amide bonds. The van der Waals surface area contributed by atoms with Gasteiger partial charge in [-0.25, -0.2) is 0 Å². The highest BCUT2D eigenvalue weighted by molar-refractivity contribution is 5.95. The number of rotatable bonds is 5. The van der Waals surface area contributed by atoms with E-state index in [0.29, 0.717) is 24.6 Å². The van der Waals surface area contributed by atoms with Gasteiger partial charge >= 0.3 is 0 Å². The SMILES string of the molecule is CC.CC.CC.Cc1ccccc1Oc1ccccc1N1C[C@H](CCO)CCC1=O. The van der Waals surface area contributed by atoms with Gasteiger partial charge in [0.15, 0.2) is 5.75 Å². The normalized spacial score (nSPS) is 14.9. The van der Waals surface area contributed by atoms with Gasteiger partial charge in [-0.05, 0) is 49.4 Å². The summed E-state index contributed by atoms with van der Waals surface area (Å²) in [6.45, 7) is 14.8. The number of carbonyl (C=O) groups is 1. The Labute approximate surface area is 183 Å². The molecule has 1 saturated heterocycles. The first-order chi connectivity index (χ1) is 14.7. The van der Waals surface area contributed by atoms with E-state index in [9.17, 15) is 9.90 Å². The molecule has 0 bridgehead atoms. The van der Waals surface area contributed by atoms with Crippen LogP contribution in [0.1, 0.15) is 66.4 Å². The van der Waals surface area contributed by atoms with Gasteiger partial charge in [0.25, 0.3) is 0 Å². The molecule has 0 aliphatic carbocycles. The van der Waals surface area contributed by atoms with Crippen molar-refractivity contribution in [2.75, 3.05) is 18.1 Å². The number of para-hydroxylation sites is 3. The number of aliphatic hydroxyl groups excluding tert-OH is 1. The van der Waals surface area contributed by atoms with Crippen LogP contribution in [0, 0.1) is 12.8 Å². The van der Waals surface area contributed by atoms with Gasteiger partial charge in [-0.2, -0.15) is 0 Å². The summed E-state index contributed by atoms with van der Waals surface area (Å²) in [7, 11) is 0. The first-order valence-electron chi connectivity index (χ1n) is 11.4. The second kappa shape index (κ2) is 16.5. The molecule has 1 N–H and O–H groups in total. The lowest BCUT2D eigenvalue weighted by atomic mass is 9.94. The van der Waals surface area contributed by atoms with Crippen molar-refractivity contribution in [2.24, 2.45) is 5.92 Å². The average Bonchev–Trinajstić information content (AvgIpc) is 2.81. The van der Waals surface area contributed by atoms with Crippen LogP contribution >= 0.6 is 0 Å². The number of hydrogen-bond acceptors (Lipinski definition) is 3. The summed E-state index contributed by atoms with van der Waals surface area (Å²) in [6.07, 6.45) is 2.09. The highest BCUT2D eigenvalue weighted by Crippen LogP contribution is 2.36. The number of aliphatic hydroxyl groups is 1. The maximum absolute atomic E-state index is 12.4. The minimum absolute atomic E-state index is 0.116. The number of carbonyl (C=O) groups excluding carboxylic acids is 1. The molecular weight excluding hydrogens is 374 g/mol. The van der Waals surface area contributed by atoms with E-state index in [1.165, 1.54) is 0 Å². The fourth-order valence-corrected chi connectivity index (χ4v) is 3.12. The third kappa shape index (κ3) is 8.19. The Kier molecular flexibility index (Phi) is 15.2. The van der Waals surface area contributed by atoms with Crippen molar-refractivity contribution >= 4 is 11.6 Å². The molecular formula is C26H41NO3. The van der Waals surface area contributed by atoms with E-state index in [4.69, 9.17) is 4.74 Å². The topological polar surface area (TPSA) is 49.8 Å². The summed E-state index contributed by atoms with van der Waals surface area (Å²) in [6, 6.07) is 15.5. The zero-order valence-corrected chi connectivity index (χ0v) is 19.9. The molecule has 1 fully saturated rings. The largest absolute Gasteiger partial charge is 0.455 e. The number of anilines is 1. The van der Waals surface area contributed by atoms with Crippen LogP contribution in [0.3, 0.4) is 0 Å². The predicted molar refractivity (Wildman–Crippen MR) is 129 cm³/mol. The highest BCUT2D eigenvalue weighted by Gasteiger charge is 2.28. The van der Waals surface area contributed by atoms with Gasteiger partial charge < -0.3 is 14.7 Å². The number of piperidine rings is 1. The smallest absolute Gasteiger partial charge is 0.227 e. The summed E-state index contributed by atoms with van der Waals surface area (Å²) in [4.78, 5) is 14.2. The fraction of sp³-hybridized carbons (Fsp3) is 0.500. The Morgan fingerprint density at radius 2 is 1.50 bits per heavy atom. The van der Waals surface area contributed by atoms with Gasteiger partial charge in [-0.15, -0.1) is 0 Å². The molecule has 2 aromatic rings.